The van der Waals surface area contributed by atoms with Gasteiger partial charge in [-0.1, -0.05) is 18.2 Å². The monoisotopic (exact) mass is 398 g/mol. The summed E-state index contributed by atoms with van der Waals surface area (Å²) < 4.78 is 0. The van der Waals surface area contributed by atoms with Crippen LogP contribution in [-0.4, -0.2) is 21.5 Å². The van der Waals surface area contributed by atoms with E-state index in [0.29, 0.717) is 5.95 Å². The Kier molecular flexibility index (Phi) is 4.93. The van der Waals surface area contributed by atoms with Crippen LogP contribution in [0.5, 0.6) is 0 Å². The number of nitrogen functional groups attached to an aromatic ring is 1. The summed E-state index contributed by atoms with van der Waals surface area (Å²) in [5, 5.41) is 7.10. The molecule has 1 saturated carbocycles. The molecule has 1 aromatic carbocycles. The van der Waals surface area contributed by atoms with Crippen molar-refractivity contribution in [2.75, 3.05) is 12.3 Å². The summed E-state index contributed by atoms with van der Waals surface area (Å²) in [5.74, 6) is 0.296. The Balaban J connectivity index is 1.35. The summed E-state index contributed by atoms with van der Waals surface area (Å²) >= 11 is 0. The largest absolute Gasteiger partial charge is 0.379 e. The molecule has 30 heavy (non-hydrogen) atoms. The number of hydrogen-bond donors (Lipinski definition) is 3. The van der Waals surface area contributed by atoms with E-state index in [1.54, 1.807) is 6.20 Å². The molecular weight excluding hydrogens is 372 g/mol. The highest BCUT2D eigenvalue weighted by Gasteiger charge is 2.21. The van der Waals surface area contributed by atoms with Crippen LogP contribution in [0.3, 0.4) is 0 Å². The van der Waals surface area contributed by atoms with Crippen LogP contribution in [0.1, 0.15) is 40.9 Å². The first-order chi connectivity index (χ1) is 14.7. The number of rotatable bonds is 5. The van der Waals surface area contributed by atoms with Crippen molar-refractivity contribution in [2.24, 2.45) is 0 Å². The molecule has 0 atom stereocenters. The van der Waals surface area contributed by atoms with E-state index in [2.05, 4.69) is 57.9 Å². The highest BCUT2D eigenvalue weighted by Crippen LogP contribution is 2.35. The fourth-order valence-electron chi connectivity index (χ4n) is 3.96. The number of nitrogens with two attached hydrogens (primary N) is 1. The second kappa shape index (κ2) is 7.88. The second-order valence-electron chi connectivity index (χ2n) is 8.00. The van der Waals surface area contributed by atoms with Gasteiger partial charge in [-0.25, -0.2) is 9.97 Å². The number of aryl methyl sites for hydroxylation is 1. The number of benzene rings is 1. The third-order valence-electron chi connectivity index (χ3n) is 5.80. The minimum atomic E-state index is 0.296. The van der Waals surface area contributed by atoms with Crippen molar-refractivity contribution < 1.29 is 0 Å². The topological polar surface area (TPSA) is 88.8 Å². The first-order valence-electron chi connectivity index (χ1n) is 10.5. The normalized spacial score (nSPS) is 14.9. The van der Waals surface area contributed by atoms with E-state index in [0.717, 1.165) is 55.8 Å². The average molecular weight is 399 g/mol. The fraction of sp³-hybridized carbons (Fsp3) is 0.292. The summed E-state index contributed by atoms with van der Waals surface area (Å²) in [7, 11) is 0. The van der Waals surface area contributed by atoms with E-state index in [4.69, 9.17) is 10.7 Å². The summed E-state index contributed by atoms with van der Waals surface area (Å²) in [6.45, 7) is 4.84. The molecule has 0 unspecified atom stereocenters. The van der Waals surface area contributed by atoms with Gasteiger partial charge in [-0.3, -0.25) is 4.98 Å². The van der Waals surface area contributed by atoms with Gasteiger partial charge in [0, 0.05) is 43.5 Å². The van der Waals surface area contributed by atoms with Gasteiger partial charge in [-0.15, -0.1) is 0 Å². The lowest BCUT2D eigenvalue weighted by Crippen LogP contribution is -2.25. The molecule has 2 aromatic heterocycles. The van der Waals surface area contributed by atoms with Gasteiger partial charge in [-0.05, 0) is 60.2 Å². The molecule has 0 amide bonds. The van der Waals surface area contributed by atoms with E-state index < -0.39 is 0 Å². The van der Waals surface area contributed by atoms with Crippen molar-refractivity contribution in [1.29, 1.82) is 0 Å². The molecule has 6 heteroatoms. The third-order valence-corrected chi connectivity index (χ3v) is 5.80. The Labute approximate surface area is 176 Å². The number of fused-ring (bicyclic) bond motifs is 1. The van der Waals surface area contributed by atoms with Crippen molar-refractivity contribution in [3.05, 3.63) is 76.2 Å². The quantitative estimate of drug-likeness (QED) is 0.611. The number of allylic oxidation sites excluding steroid dienone is 1. The maximum atomic E-state index is 5.73. The van der Waals surface area contributed by atoms with Crippen LogP contribution < -0.4 is 16.4 Å². The molecule has 152 valence electrons. The fourth-order valence-corrected chi connectivity index (χ4v) is 3.96. The van der Waals surface area contributed by atoms with Crippen molar-refractivity contribution in [3.8, 4) is 11.3 Å². The van der Waals surface area contributed by atoms with Gasteiger partial charge >= 0.3 is 0 Å². The molecule has 0 radical (unpaired) electrons. The molecule has 1 aliphatic heterocycles. The Morgan fingerprint density at radius 1 is 1.10 bits per heavy atom. The molecule has 3 heterocycles. The lowest BCUT2D eigenvalue weighted by molar-refractivity contribution is 0.629. The number of hydrogen-bond acceptors (Lipinski definition) is 6. The maximum Gasteiger partial charge on any atom is 0.220 e. The second-order valence-corrected chi connectivity index (χ2v) is 8.00. The van der Waals surface area contributed by atoms with Gasteiger partial charge in [0.1, 0.15) is 0 Å². The molecule has 5 rings (SSSR count). The Morgan fingerprint density at radius 2 is 2.00 bits per heavy atom. The SMILES string of the molecule is Cc1cc(-c2ccnc(N)n2)ccc1CNC(=C1CC1)c1ccc2c(n1)CCNC2. The van der Waals surface area contributed by atoms with Crippen LogP contribution in [0.25, 0.3) is 17.0 Å². The van der Waals surface area contributed by atoms with Gasteiger partial charge in [0.25, 0.3) is 0 Å². The first-order valence-corrected chi connectivity index (χ1v) is 10.5. The lowest BCUT2D eigenvalue weighted by atomic mass is 10.0. The third kappa shape index (κ3) is 3.91. The van der Waals surface area contributed by atoms with Gasteiger partial charge in [0.15, 0.2) is 0 Å². The van der Waals surface area contributed by atoms with E-state index in [1.807, 2.05) is 6.07 Å². The molecule has 3 aromatic rings. The smallest absolute Gasteiger partial charge is 0.220 e. The van der Waals surface area contributed by atoms with E-state index in [1.165, 1.54) is 33.7 Å². The van der Waals surface area contributed by atoms with E-state index in [-0.39, 0.29) is 0 Å². The lowest BCUT2D eigenvalue weighted by Gasteiger charge is -2.19. The summed E-state index contributed by atoms with van der Waals surface area (Å²) in [6, 6.07) is 12.7. The molecule has 4 N–H and O–H groups in total. The van der Waals surface area contributed by atoms with E-state index >= 15 is 0 Å². The zero-order valence-electron chi connectivity index (χ0n) is 17.2. The number of nitrogens with one attached hydrogen (secondary N) is 2. The molecule has 0 spiro atoms. The Morgan fingerprint density at radius 3 is 2.80 bits per heavy atom. The van der Waals surface area contributed by atoms with Gasteiger partial charge in [0.05, 0.1) is 17.1 Å². The van der Waals surface area contributed by atoms with E-state index in [9.17, 15) is 0 Å². The predicted molar refractivity (Wildman–Crippen MR) is 119 cm³/mol. The van der Waals surface area contributed by atoms with Crippen molar-refractivity contribution in [1.82, 2.24) is 25.6 Å². The number of nitrogens with zero attached hydrogens (tertiary/aromatic N) is 3. The van der Waals surface area contributed by atoms with Crippen LogP contribution in [-0.2, 0) is 19.5 Å². The van der Waals surface area contributed by atoms with Crippen LogP contribution in [0.2, 0.25) is 0 Å². The number of anilines is 1. The van der Waals surface area contributed by atoms with Crippen molar-refractivity contribution in [2.45, 2.75) is 39.3 Å². The number of aromatic nitrogens is 3. The highest BCUT2D eigenvalue weighted by atomic mass is 15.0. The minimum absolute atomic E-state index is 0.296. The summed E-state index contributed by atoms with van der Waals surface area (Å²) in [6.07, 6.45) is 5.02. The standard InChI is InChI=1S/C24H26N6/c1-15-12-17(20-9-11-27-24(25)30-20)4-5-18(15)14-28-23(16-2-3-16)22-7-6-19-13-26-10-8-21(19)29-22/h4-7,9,11-12,26,28H,2-3,8,10,13-14H2,1H3,(H2,25,27,30). The zero-order chi connectivity index (χ0) is 20.5. The van der Waals surface area contributed by atoms with Crippen LogP contribution in [0, 0.1) is 6.92 Å². The zero-order valence-corrected chi connectivity index (χ0v) is 17.2. The predicted octanol–water partition coefficient (Wildman–Crippen LogP) is 3.37. The average Bonchev–Trinajstić information content (AvgIpc) is 3.60. The molecule has 2 aliphatic rings. The molecule has 6 nitrogen and oxygen atoms in total. The molecular formula is C24H26N6. The highest BCUT2D eigenvalue weighted by molar-refractivity contribution is 5.68. The molecule has 1 fully saturated rings. The minimum Gasteiger partial charge on any atom is -0.379 e. The van der Waals surface area contributed by atoms with Crippen LogP contribution in [0.15, 0.2) is 48.2 Å². The van der Waals surface area contributed by atoms with Crippen LogP contribution >= 0.6 is 0 Å². The van der Waals surface area contributed by atoms with Gasteiger partial charge in [-0.2, -0.15) is 0 Å². The van der Waals surface area contributed by atoms with Gasteiger partial charge in [0.2, 0.25) is 5.95 Å². The number of pyridine rings is 1. The Hall–Kier alpha value is -3.25. The molecule has 0 saturated heterocycles. The van der Waals surface area contributed by atoms with Crippen LogP contribution in [0.4, 0.5) is 5.95 Å². The van der Waals surface area contributed by atoms with Crippen molar-refractivity contribution in [3.63, 3.8) is 0 Å². The summed E-state index contributed by atoms with van der Waals surface area (Å²) in [5.41, 5.74) is 16.4. The van der Waals surface area contributed by atoms with Crippen molar-refractivity contribution >= 4 is 11.6 Å². The molecule has 1 aliphatic carbocycles. The van der Waals surface area contributed by atoms with Gasteiger partial charge < -0.3 is 16.4 Å². The molecule has 0 bridgehead atoms. The summed E-state index contributed by atoms with van der Waals surface area (Å²) in [4.78, 5) is 13.3. The maximum absolute atomic E-state index is 5.73. The Bertz CT molecular complexity index is 1130. The first kappa shape index (κ1) is 18.8.